The number of aromatic nitrogens is 2. The molecule has 28 heavy (non-hydrogen) atoms. The number of rotatable bonds is 6. The number of benzene rings is 1. The number of hydrogen-bond donors (Lipinski definition) is 2. The van der Waals surface area contributed by atoms with Gasteiger partial charge in [0.25, 0.3) is 0 Å². The van der Waals surface area contributed by atoms with E-state index in [1.54, 1.807) is 6.20 Å². The molecule has 1 aliphatic carbocycles. The Morgan fingerprint density at radius 1 is 0.929 bits per heavy atom. The van der Waals surface area contributed by atoms with Gasteiger partial charge in [-0.15, -0.1) is 0 Å². The van der Waals surface area contributed by atoms with Crippen molar-refractivity contribution in [2.45, 2.75) is 44.7 Å². The lowest BCUT2D eigenvalue weighted by molar-refractivity contribution is 0.462. The van der Waals surface area contributed by atoms with Crippen LogP contribution in [0.15, 0.2) is 60.9 Å². The van der Waals surface area contributed by atoms with Crippen molar-refractivity contribution in [2.24, 2.45) is 0 Å². The van der Waals surface area contributed by atoms with Crippen LogP contribution in [-0.2, 0) is 6.54 Å². The van der Waals surface area contributed by atoms with Crippen LogP contribution >= 0.6 is 11.6 Å². The molecule has 4 rings (SSSR count). The Morgan fingerprint density at radius 2 is 1.75 bits per heavy atom. The highest BCUT2D eigenvalue weighted by molar-refractivity contribution is 6.33. The van der Waals surface area contributed by atoms with Gasteiger partial charge in [-0.25, -0.2) is 9.97 Å². The van der Waals surface area contributed by atoms with E-state index in [2.05, 4.69) is 32.7 Å². The molecule has 0 atom stereocenters. The zero-order valence-corrected chi connectivity index (χ0v) is 16.6. The van der Waals surface area contributed by atoms with Crippen LogP contribution in [0.25, 0.3) is 11.1 Å². The Morgan fingerprint density at radius 3 is 2.57 bits per heavy atom. The Kier molecular flexibility index (Phi) is 6.07. The fourth-order valence-corrected chi connectivity index (χ4v) is 3.89. The van der Waals surface area contributed by atoms with E-state index in [1.807, 2.05) is 42.6 Å². The highest BCUT2D eigenvalue weighted by atomic mass is 35.5. The van der Waals surface area contributed by atoms with Crippen LogP contribution in [0.1, 0.15) is 37.7 Å². The lowest BCUT2D eigenvalue weighted by atomic mass is 9.95. The van der Waals surface area contributed by atoms with Crippen molar-refractivity contribution in [1.29, 1.82) is 0 Å². The average Bonchev–Trinajstić information content (AvgIpc) is 2.75. The molecule has 0 amide bonds. The van der Waals surface area contributed by atoms with E-state index in [4.69, 9.17) is 11.6 Å². The molecule has 2 aromatic heterocycles. The molecule has 5 heteroatoms. The van der Waals surface area contributed by atoms with Gasteiger partial charge in [-0.05, 0) is 42.2 Å². The molecule has 0 bridgehead atoms. The summed E-state index contributed by atoms with van der Waals surface area (Å²) >= 11 is 6.47. The van der Waals surface area contributed by atoms with Gasteiger partial charge in [-0.1, -0.05) is 61.2 Å². The second kappa shape index (κ2) is 9.07. The summed E-state index contributed by atoms with van der Waals surface area (Å²) in [6.07, 6.45) is 9.89. The molecule has 1 aromatic carbocycles. The zero-order chi connectivity index (χ0) is 19.2. The molecule has 0 unspecified atom stereocenters. The largest absolute Gasteiger partial charge is 0.367 e. The van der Waals surface area contributed by atoms with Crippen LogP contribution < -0.4 is 10.6 Å². The first kappa shape index (κ1) is 18.8. The van der Waals surface area contributed by atoms with E-state index in [1.165, 1.54) is 37.7 Å². The second-order valence-electron chi connectivity index (χ2n) is 7.30. The monoisotopic (exact) mass is 392 g/mol. The lowest BCUT2D eigenvalue weighted by Gasteiger charge is -2.23. The number of halogens is 1. The van der Waals surface area contributed by atoms with E-state index in [9.17, 15) is 0 Å². The van der Waals surface area contributed by atoms with Gasteiger partial charge in [0.05, 0.1) is 5.02 Å². The van der Waals surface area contributed by atoms with Crippen LogP contribution in [-0.4, -0.2) is 16.0 Å². The van der Waals surface area contributed by atoms with Gasteiger partial charge in [-0.2, -0.15) is 0 Å². The summed E-state index contributed by atoms with van der Waals surface area (Å²) in [5.74, 6) is 1.72. The first-order chi connectivity index (χ1) is 13.8. The Hall–Kier alpha value is -2.59. The number of anilines is 2. The first-order valence-electron chi connectivity index (χ1n) is 9.94. The van der Waals surface area contributed by atoms with Crippen molar-refractivity contribution in [3.05, 3.63) is 71.5 Å². The fraction of sp³-hybridized carbons (Fsp3) is 0.304. The van der Waals surface area contributed by atoms with Crippen molar-refractivity contribution in [1.82, 2.24) is 9.97 Å². The Labute approximate surface area is 171 Å². The standard InChI is InChI=1S/C23H25ClN4/c24-21-16-27-23(28-19-9-5-2-6-10-19)14-20(21)18-11-12-25-22(13-18)26-15-17-7-3-1-4-8-17/h1,3-4,7-8,11-14,16,19H,2,5-6,9-10,15H2,(H,25,26)(H,27,28). The summed E-state index contributed by atoms with van der Waals surface area (Å²) < 4.78 is 0. The van der Waals surface area contributed by atoms with Gasteiger partial charge in [0, 0.05) is 30.5 Å². The van der Waals surface area contributed by atoms with Crippen LogP contribution in [0, 0.1) is 0 Å². The van der Waals surface area contributed by atoms with E-state index in [0.29, 0.717) is 11.1 Å². The molecule has 1 aliphatic rings. The summed E-state index contributed by atoms with van der Waals surface area (Å²) in [5.41, 5.74) is 3.22. The van der Waals surface area contributed by atoms with Gasteiger partial charge in [-0.3, -0.25) is 0 Å². The fourth-order valence-electron chi connectivity index (χ4n) is 3.68. The highest BCUT2D eigenvalue weighted by Crippen LogP contribution is 2.31. The summed E-state index contributed by atoms with van der Waals surface area (Å²) in [5, 5.41) is 7.61. The van der Waals surface area contributed by atoms with Gasteiger partial charge < -0.3 is 10.6 Å². The van der Waals surface area contributed by atoms with Crippen molar-refractivity contribution in [3.63, 3.8) is 0 Å². The maximum absolute atomic E-state index is 6.47. The van der Waals surface area contributed by atoms with E-state index in [-0.39, 0.29) is 0 Å². The van der Waals surface area contributed by atoms with Crippen LogP contribution in [0.3, 0.4) is 0 Å². The molecular formula is C23H25ClN4. The van der Waals surface area contributed by atoms with E-state index >= 15 is 0 Å². The molecule has 0 aliphatic heterocycles. The lowest BCUT2D eigenvalue weighted by Crippen LogP contribution is -2.22. The molecule has 2 N–H and O–H groups in total. The van der Waals surface area contributed by atoms with E-state index in [0.717, 1.165) is 29.3 Å². The minimum absolute atomic E-state index is 0.510. The molecule has 0 radical (unpaired) electrons. The van der Waals surface area contributed by atoms with Crippen molar-refractivity contribution >= 4 is 23.2 Å². The van der Waals surface area contributed by atoms with Gasteiger partial charge >= 0.3 is 0 Å². The molecule has 0 spiro atoms. The number of nitrogens with one attached hydrogen (secondary N) is 2. The summed E-state index contributed by atoms with van der Waals surface area (Å²) in [6.45, 7) is 0.732. The maximum Gasteiger partial charge on any atom is 0.126 e. The zero-order valence-electron chi connectivity index (χ0n) is 15.9. The molecule has 2 heterocycles. The molecular weight excluding hydrogens is 368 g/mol. The predicted octanol–water partition coefficient (Wildman–Crippen LogP) is 6.15. The second-order valence-corrected chi connectivity index (χ2v) is 7.70. The summed E-state index contributed by atoms with van der Waals surface area (Å²) in [7, 11) is 0. The van der Waals surface area contributed by atoms with Crippen LogP contribution in [0.4, 0.5) is 11.6 Å². The third-order valence-electron chi connectivity index (χ3n) is 5.20. The average molecular weight is 393 g/mol. The SMILES string of the molecule is Clc1cnc(NC2CCCCC2)cc1-c1ccnc(NCc2ccccc2)c1. The van der Waals surface area contributed by atoms with Crippen molar-refractivity contribution in [2.75, 3.05) is 10.6 Å². The number of pyridine rings is 2. The minimum atomic E-state index is 0.510. The summed E-state index contributed by atoms with van der Waals surface area (Å²) in [6, 6.07) is 16.9. The molecule has 4 nitrogen and oxygen atoms in total. The number of nitrogens with zero attached hydrogens (tertiary/aromatic N) is 2. The molecule has 144 valence electrons. The predicted molar refractivity (Wildman–Crippen MR) is 117 cm³/mol. The van der Waals surface area contributed by atoms with Crippen LogP contribution in [0.5, 0.6) is 0 Å². The normalized spacial score (nSPS) is 14.6. The Bertz CT molecular complexity index is 907. The third kappa shape index (κ3) is 4.82. The van der Waals surface area contributed by atoms with Crippen molar-refractivity contribution < 1.29 is 0 Å². The van der Waals surface area contributed by atoms with Gasteiger partial charge in [0.2, 0.25) is 0 Å². The topological polar surface area (TPSA) is 49.8 Å². The quantitative estimate of drug-likeness (QED) is 0.527. The highest BCUT2D eigenvalue weighted by Gasteiger charge is 2.15. The number of hydrogen-bond acceptors (Lipinski definition) is 4. The van der Waals surface area contributed by atoms with E-state index < -0.39 is 0 Å². The molecule has 1 fully saturated rings. The van der Waals surface area contributed by atoms with Crippen LogP contribution in [0.2, 0.25) is 5.02 Å². The maximum atomic E-state index is 6.47. The minimum Gasteiger partial charge on any atom is -0.367 e. The summed E-state index contributed by atoms with van der Waals surface area (Å²) in [4.78, 5) is 8.92. The first-order valence-corrected chi connectivity index (χ1v) is 10.3. The van der Waals surface area contributed by atoms with Crippen molar-refractivity contribution in [3.8, 4) is 11.1 Å². The Balaban J connectivity index is 1.50. The van der Waals surface area contributed by atoms with Gasteiger partial charge in [0.15, 0.2) is 0 Å². The third-order valence-corrected chi connectivity index (χ3v) is 5.50. The molecule has 3 aromatic rings. The molecule has 0 saturated heterocycles. The van der Waals surface area contributed by atoms with Gasteiger partial charge in [0.1, 0.15) is 11.6 Å². The smallest absolute Gasteiger partial charge is 0.126 e. The molecule has 1 saturated carbocycles.